The number of rotatable bonds is 2. The van der Waals surface area contributed by atoms with Crippen LogP contribution in [0.4, 0.5) is 5.69 Å². The molecule has 2 heterocycles. The van der Waals surface area contributed by atoms with Gasteiger partial charge in [0.15, 0.2) is 0 Å². The number of hydrogen-bond acceptors (Lipinski definition) is 4. The lowest BCUT2D eigenvalue weighted by atomic mass is 9.99. The maximum atomic E-state index is 11.6. The number of methoxy groups -OCH3 is 1. The number of nitrogens with one attached hydrogen (secondary N) is 1. The van der Waals surface area contributed by atoms with E-state index in [0.29, 0.717) is 6.04 Å². The summed E-state index contributed by atoms with van der Waals surface area (Å²) in [5, 5.41) is 4.05. The summed E-state index contributed by atoms with van der Waals surface area (Å²) in [6.45, 7) is 1.86. The van der Waals surface area contributed by atoms with Gasteiger partial charge in [0.05, 0.1) is 7.11 Å². The summed E-state index contributed by atoms with van der Waals surface area (Å²) in [4.78, 5) is 14.0. The summed E-state index contributed by atoms with van der Waals surface area (Å²) in [7, 11) is 1.44. The van der Waals surface area contributed by atoms with Crippen molar-refractivity contribution in [3.05, 3.63) is 28.8 Å². The van der Waals surface area contributed by atoms with Crippen LogP contribution in [-0.2, 0) is 16.0 Å². The van der Waals surface area contributed by atoms with Crippen LogP contribution >= 0.6 is 11.6 Å². The van der Waals surface area contributed by atoms with Gasteiger partial charge in [0.25, 0.3) is 0 Å². The van der Waals surface area contributed by atoms with E-state index in [2.05, 4.69) is 22.3 Å². The second-order valence-electron chi connectivity index (χ2n) is 5.44. The van der Waals surface area contributed by atoms with E-state index in [0.717, 1.165) is 37.4 Å². The van der Waals surface area contributed by atoms with E-state index in [1.54, 1.807) is 0 Å². The molecule has 2 aliphatic rings. The molecular formula is C15H19ClN2O2. The molecule has 2 aliphatic heterocycles. The Kier molecular flexibility index (Phi) is 3.85. The van der Waals surface area contributed by atoms with Crippen LogP contribution in [0.15, 0.2) is 18.2 Å². The largest absolute Gasteiger partial charge is 0.468 e. The fourth-order valence-electron chi connectivity index (χ4n) is 3.25. The average molecular weight is 295 g/mol. The Morgan fingerprint density at radius 3 is 3.15 bits per heavy atom. The second kappa shape index (κ2) is 5.62. The summed E-state index contributed by atoms with van der Waals surface area (Å²) >= 11 is 6.08. The van der Waals surface area contributed by atoms with Crippen LogP contribution in [-0.4, -0.2) is 38.3 Å². The molecule has 0 amide bonds. The predicted molar refractivity (Wildman–Crippen MR) is 79.3 cm³/mol. The first kappa shape index (κ1) is 13.7. The number of halogens is 1. The lowest BCUT2D eigenvalue weighted by Gasteiger charge is -2.36. The van der Waals surface area contributed by atoms with E-state index < -0.39 is 0 Å². The molecule has 108 valence electrons. The Bertz CT molecular complexity index is 521. The normalized spacial score (nSPS) is 25.4. The Hall–Kier alpha value is -1.26. The van der Waals surface area contributed by atoms with Crippen LogP contribution in [0.25, 0.3) is 0 Å². The Morgan fingerprint density at radius 1 is 1.50 bits per heavy atom. The van der Waals surface area contributed by atoms with Crippen molar-refractivity contribution in [2.45, 2.75) is 31.3 Å². The van der Waals surface area contributed by atoms with Crippen molar-refractivity contribution >= 4 is 23.3 Å². The van der Waals surface area contributed by atoms with Crippen molar-refractivity contribution in [2.75, 3.05) is 25.1 Å². The van der Waals surface area contributed by atoms with Gasteiger partial charge in [-0.15, -0.1) is 0 Å². The minimum Gasteiger partial charge on any atom is -0.468 e. The smallest absolute Gasteiger partial charge is 0.322 e. The van der Waals surface area contributed by atoms with Gasteiger partial charge < -0.3 is 15.0 Å². The van der Waals surface area contributed by atoms with Crippen molar-refractivity contribution in [3.8, 4) is 0 Å². The summed E-state index contributed by atoms with van der Waals surface area (Å²) in [6.07, 6.45) is 3.01. The first-order chi connectivity index (χ1) is 9.69. The van der Waals surface area contributed by atoms with Crippen LogP contribution in [0.3, 0.4) is 0 Å². The van der Waals surface area contributed by atoms with Gasteiger partial charge in [-0.05, 0) is 43.0 Å². The number of anilines is 1. The zero-order valence-electron chi connectivity index (χ0n) is 11.6. The lowest BCUT2D eigenvalue weighted by molar-refractivity contribution is -0.142. The van der Waals surface area contributed by atoms with Crippen LogP contribution in [0.1, 0.15) is 18.4 Å². The molecule has 0 aromatic heterocycles. The molecule has 0 bridgehead atoms. The number of nitrogens with zero attached hydrogens (tertiary/aromatic N) is 1. The zero-order valence-corrected chi connectivity index (χ0v) is 12.3. The molecule has 4 nitrogen and oxygen atoms in total. The third-order valence-electron chi connectivity index (χ3n) is 4.23. The van der Waals surface area contributed by atoms with Crippen LogP contribution in [0.5, 0.6) is 0 Å². The molecule has 0 saturated carbocycles. The summed E-state index contributed by atoms with van der Waals surface area (Å²) in [5.41, 5.74) is 2.57. The standard InChI is InChI=1S/C15H19ClN2O2/c1-20-15(19)13-8-12(9-17-13)18-6-2-3-10-7-11(16)4-5-14(10)18/h4-5,7,12-13,17H,2-3,6,8-9H2,1H3. The molecule has 1 aromatic carbocycles. The SMILES string of the molecule is COC(=O)C1CC(N2CCCc3cc(Cl)ccc32)CN1. The molecule has 1 saturated heterocycles. The highest BCUT2D eigenvalue weighted by atomic mass is 35.5. The molecule has 0 radical (unpaired) electrons. The third kappa shape index (κ3) is 2.50. The molecule has 2 unspecified atom stereocenters. The first-order valence-electron chi connectivity index (χ1n) is 7.05. The predicted octanol–water partition coefficient (Wildman–Crippen LogP) is 2.00. The molecule has 2 atom stereocenters. The van der Waals surface area contributed by atoms with Crippen molar-refractivity contribution in [1.29, 1.82) is 0 Å². The van der Waals surface area contributed by atoms with Crippen molar-refractivity contribution in [1.82, 2.24) is 5.32 Å². The van der Waals surface area contributed by atoms with Gasteiger partial charge in [-0.1, -0.05) is 11.6 Å². The molecule has 1 aromatic rings. The third-order valence-corrected chi connectivity index (χ3v) is 4.47. The highest BCUT2D eigenvalue weighted by molar-refractivity contribution is 6.30. The van der Waals surface area contributed by atoms with E-state index >= 15 is 0 Å². The van der Waals surface area contributed by atoms with Gasteiger partial charge in [-0.25, -0.2) is 0 Å². The maximum Gasteiger partial charge on any atom is 0.322 e. The molecule has 1 fully saturated rings. The maximum absolute atomic E-state index is 11.6. The number of aryl methyl sites for hydroxylation is 1. The minimum atomic E-state index is -0.178. The molecule has 0 spiro atoms. The molecular weight excluding hydrogens is 276 g/mol. The van der Waals surface area contributed by atoms with Crippen molar-refractivity contribution < 1.29 is 9.53 Å². The second-order valence-corrected chi connectivity index (χ2v) is 5.88. The quantitative estimate of drug-likeness (QED) is 0.847. The molecule has 1 N–H and O–H groups in total. The molecule has 5 heteroatoms. The highest BCUT2D eigenvalue weighted by Crippen LogP contribution is 2.32. The highest BCUT2D eigenvalue weighted by Gasteiger charge is 2.35. The summed E-state index contributed by atoms with van der Waals surface area (Å²) in [6, 6.07) is 6.27. The Labute approximate surface area is 124 Å². The molecule has 3 rings (SSSR count). The van der Waals surface area contributed by atoms with Crippen molar-refractivity contribution in [3.63, 3.8) is 0 Å². The van der Waals surface area contributed by atoms with Crippen LogP contribution in [0.2, 0.25) is 5.02 Å². The summed E-state index contributed by atoms with van der Waals surface area (Å²) < 4.78 is 4.82. The van der Waals surface area contributed by atoms with Gasteiger partial charge in [0, 0.05) is 29.8 Å². The number of ether oxygens (including phenoxy) is 1. The topological polar surface area (TPSA) is 41.6 Å². The molecule has 0 aliphatic carbocycles. The van der Waals surface area contributed by atoms with E-state index in [1.165, 1.54) is 18.4 Å². The van der Waals surface area contributed by atoms with Gasteiger partial charge in [-0.2, -0.15) is 0 Å². The number of esters is 1. The Morgan fingerprint density at radius 2 is 2.35 bits per heavy atom. The van der Waals surface area contributed by atoms with Gasteiger partial charge >= 0.3 is 5.97 Å². The number of fused-ring (bicyclic) bond motifs is 1. The van der Waals surface area contributed by atoms with Gasteiger partial charge in [0.2, 0.25) is 0 Å². The van der Waals surface area contributed by atoms with E-state index in [-0.39, 0.29) is 12.0 Å². The average Bonchev–Trinajstić information content (AvgIpc) is 2.95. The lowest BCUT2D eigenvalue weighted by Crippen LogP contribution is -2.40. The monoisotopic (exact) mass is 294 g/mol. The van der Waals surface area contributed by atoms with Crippen molar-refractivity contribution in [2.24, 2.45) is 0 Å². The first-order valence-corrected chi connectivity index (χ1v) is 7.43. The van der Waals surface area contributed by atoms with Gasteiger partial charge in [0.1, 0.15) is 6.04 Å². The molecule has 20 heavy (non-hydrogen) atoms. The summed E-state index contributed by atoms with van der Waals surface area (Å²) in [5.74, 6) is -0.166. The minimum absolute atomic E-state index is 0.166. The number of hydrogen-bond donors (Lipinski definition) is 1. The number of carbonyl (C=O) groups excluding carboxylic acids is 1. The van der Waals surface area contributed by atoms with E-state index in [1.807, 2.05) is 6.07 Å². The van der Waals surface area contributed by atoms with E-state index in [9.17, 15) is 4.79 Å². The zero-order chi connectivity index (χ0) is 14.1. The van der Waals surface area contributed by atoms with Crippen LogP contribution in [0, 0.1) is 0 Å². The van der Waals surface area contributed by atoms with Crippen LogP contribution < -0.4 is 10.2 Å². The fraction of sp³-hybridized carbons (Fsp3) is 0.533. The number of benzene rings is 1. The van der Waals surface area contributed by atoms with Gasteiger partial charge in [-0.3, -0.25) is 4.79 Å². The van der Waals surface area contributed by atoms with E-state index in [4.69, 9.17) is 16.3 Å². The number of carbonyl (C=O) groups is 1. The fourth-order valence-corrected chi connectivity index (χ4v) is 3.45. The Balaban J connectivity index is 1.78.